The third-order valence-corrected chi connectivity index (χ3v) is 4.16. The number of carbonyl (C=O) groups is 2. The van der Waals surface area contributed by atoms with E-state index in [0.29, 0.717) is 23.4 Å². The zero-order valence-corrected chi connectivity index (χ0v) is 15.7. The number of ketones is 1. The Bertz CT molecular complexity index is 888. The molecule has 27 heavy (non-hydrogen) atoms. The molecule has 0 aliphatic carbocycles. The number of benzene rings is 1. The largest absolute Gasteiger partial charge is 0.479 e. The number of esters is 1. The highest BCUT2D eigenvalue weighted by Gasteiger charge is 2.20. The number of rotatable bonds is 8. The number of Topliss-reactive ketones (excluding diaryl/α,β-unsaturated/α-hetero) is 1. The van der Waals surface area contributed by atoms with E-state index in [1.807, 2.05) is 24.5 Å². The van der Waals surface area contributed by atoms with Gasteiger partial charge in [0, 0.05) is 23.5 Å². The minimum Gasteiger partial charge on any atom is -0.479 e. The van der Waals surface area contributed by atoms with Crippen molar-refractivity contribution < 1.29 is 19.1 Å². The lowest BCUT2D eigenvalue weighted by Gasteiger charge is -2.13. The van der Waals surface area contributed by atoms with Crippen LogP contribution >= 0.6 is 0 Å². The Hall–Kier alpha value is -3.33. The van der Waals surface area contributed by atoms with Gasteiger partial charge in [-0.2, -0.15) is 5.26 Å². The first kappa shape index (κ1) is 20.0. The molecular formula is C21H22N2O4. The van der Waals surface area contributed by atoms with Crippen molar-refractivity contribution in [3.05, 3.63) is 65.5 Å². The van der Waals surface area contributed by atoms with Gasteiger partial charge in [-0.15, -0.1) is 6.58 Å². The molecule has 140 valence electrons. The predicted molar refractivity (Wildman–Crippen MR) is 101 cm³/mol. The van der Waals surface area contributed by atoms with E-state index in [0.717, 1.165) is 11.4 Å². The summed E-state index contributed by atoms with van der Waals surface area (Å²) < 4.78 is 12.6. The second kappa shape index (κ2) is 8.86. The van der Waals surface area contributed by atoms with Crippen LogP contribution in [0.5, 0.6) is 5.75 Å². The molecule has 0 saturated carbocycles. The van der Waals surface area contributed by atoms with Crippen LogP contribution in [0.2, 0.25) is 0 Å². The number of ether oxygens (including phenoxy) is 2. The molecule has 1 atom stereocenters. The fourth-order valence-electron chi connectivity index (χ4n) is 2.69. The average molecular weight is 366 g/mol. The molecule has 6 heteroatoms. The second-order valence-electron chi connectivity index (χ2n) is 6.11. The highest BCUT2D eigenvalue weighted by atomic mass is 16.6. The summed E-state index contributed by atoms with van der Waals surface area (Å²) in [6.45, 7) is 9.27. The van der Waals surface area contributed by atoms with E-state index < -0.39 is 12.1 Å². The number of allylic oxidation sites excluding steroid dienone is 1. The van der Waals surface area contributed by atoms with Gasteiger partial charge in [-0.25, -0.2) is 4.79 Å². The van der Waals surface area contributed by atoms with Gasteiger partial charge in [0.2, 0.25) is 5.78 Å². The van der Waals surface area contributed by atoms with Gasteiger partial charge in [0.1, 0.15) is 5.75 Å². The third kappa shape index (κ3) is 4.85. The maximum atomic E-state index is 12.4. The van der Waals surface area contributed by atoms with Crippen molar-refractivity contribution in [2.75, 3.05) is 6.61 Å². The molecule has 0 aliphatic rings. The Morgan fingerprint density at radius 1 is 1.30 bits per heavy atom. The molecule has 0 fully saturated rings. The van der Waals surface area contributed by atoms with E-state index in [1.54, 1.807) is 43.3 Å². The molecule has 0 unspecified atom stereocenters. The summed E-state index contributed by atoms with van der Waals surface area (Å²) in [7, 11) is 0. The topological polar surface area (TPSA) is 81.3 Å². The zero-order chi connectivity index (χ0) is 20.0. The fraction of sp³-hybridized carbons (Fsp3) is 0.286. The smallest absolute Gasteiger partial charge is 0.347 e. The van der Waals surface area contributed by atoms with E-state index >= 15 is 0 Å². The average Bonchev–Trinajstić information content (AvgIpc) is 2.95. The minimum absolute atomic E-state index is 0.266. The van der Waals surface area contributed by atoms with Gasteiger partial charge in [-0.3, -0.25) is 4.79 Å². The number of hydrogen-bond acceptors (Lipinski definition) is 5. The molecule has 0 radical (unpaired) electrons. The van der Waals surface area contributed by atoms with E-state index in [1.165, 1.54) is 0 Å². The molecule has 0 amide bonds. The quantitative estimate of drug-likeness (QED) is 0.406. The van der Waals surface area contributed by atoms with E-state index in [9.17, 15) is 9.59 Å². The Kier molecular flexibility index (Phi) is 6.56. The Labute approximate surface area is 158 Å². The number of nitrogens with zero attached hydrogens (tertiary/aromatic N) is 2. The van der Waals surface area contributed by atoms with Gasteiger partial charge in [0.25, 0.3) is 0 Å². The van der Waals surface area contributed by atoms with Crippen LogP contribution in [0.15, 0.2) is 43.0 Å². The normalized spacial score (nSPS) is 11.3. The summed E-state index contributed by atoms with van der Waals surface area (Å²) in [6.07, 6.45) is 0.884. The molecule has 0 spiro atoms. The lowest BCUT2D eigenvalue weighted by molar-refractivity contribution is -0.149. The first-order valence-electron chi connectivity index (χ1n) is 8.51. The second-order valence-corrected chi connectivity index (χ2v) is 6.11. The van der Waals surface area contributed by atoms with E-state index in [-0.39, 0.29) is 12.4 Å². The molecule has 2 rings (SSSR count). The molecule has 2 aromatic rings. The van der Waals surface area contributed by atoms with E-state index in [4.69, 9.17) is 14.7 Å². The van der Waals surface area contributed by atoms with Crippen LogP contribution in [0.25, 0.3) is 0 Å². The zero-order valence-electron chi connectivity index (χ0n) is 15.7. The fourth-order valence-corrected chi connectivity index (χ4v) is 2.69. The highest BCUT2D eigenvalue weighted by molar-refractivity contribution is 5.99. The van der Waals surface area contributed by atoms with Crippen molar-refractivity contribution in [1.29, 1.82) is 5.26 Å². The molecule has 0 bridgehead atoms. The summed E-state index contributed by atoms with van der Waals surface area (Å²) >= 11 is 0. The van der Waals surface area contributed by atoms with Crippen molar-refractivity contribution >= 4 is 11.8 Å². The number of carbonyl (C=O) groups excluding carboxylic acids is 2. The van der Waals surface area contributed by atoms with Crippen LogP contribution in [0, 0.1) is 25.2 Å². The Morgan fingerprint density at radius 2 is 1.96 bits per heavy atom. The van der Waals surface area contributed by atoms with Gasteiger partial charge in [0.15, 0.2) is 12.7 Å². The third-order valence-electron chi connectivity index (χ3n) is 4.16. The van der Waals surface area contributed by atoms with Gasteiger partial charge in [0.05, 0.1) is 11.6 Å². The number of nitriles is 1. The predicted octanol–water partition coefficient (Wildman–Crippen LogP) is 3.36. The van der Waals surface area contributed by atoms with Crippen LogP contribution in [-0.2, 0) is 16.1 Å². The van der Waals surface area contributed by atoms with Gasteiger partial charge >= 0.3 is 5.97 Å². The summed E-state index contributed by atoms with van der Waals surface area (Å²) in [5, 5.41) is 8.78. The van der Waals surface area contributed by atoms with Crippen molar-refractivity contribution in [2.45, 2.75) is 33.4 Å². The first-order valence-corrected chi connectivity index (χ1v) is 8.51. The van der Waals surface area contributed by atoms with Gasteiger partial charge < -0.3 is 14.0 Å². The van der Waals surface area contributed by atoms with Crippen LogP contribution in [-0.4, -0.2) is 29.0 Å². The number of aryl methyl sites for hydroxylation is 1. The van der Waals surface area contributed by atoms with E-state index in [2.05, 4.69) is 6.58 Å². The Morgan fingerprint density at radius 3 is 2.56 bits per heavy atom. The van der Waals surface area contributed by atoms with Crippen LogP contribution in [0.3, 0.4) is 0 Å². The molecule has 6 nitrogen and oxygen atoms in total. The molecule has 0 aliphatic heterocycles. The van der Waals surface area contributed by atoms with Gasteiger partial charge in [-0.05, 0) is 51.1 Å². The monoisotopic (exact) mass is 366 g/mol. The Balaban J connectivity index is 1.94. The minimum atomic E-state index is -0.876. The summed E-state index contributed by atoms with van der Waals surface area (Å²) in [6, 6.07) is 10.2. The van der Waals surface area contributed by atoms with Gasteiger partial charge in [-0.1, -0.05) is 6.08 Å². The van der Waals surface area contributed by atoms with Crippen LogP contribution in [0.4, 0.5) is 0 Å². The molecule has 0 N–H and O–H groups in total. The van der Waals surface area contributed by atoms with Crippen molar-refractivity contribution in [1.82, 2.24) is 4.57 Å². The SMILES string of the molecule is C=CCn1c(C)cc(C(=O)COC(=O)[C@@H](C)Oc2ccc(C#N)cc2)c1C. The van der Waals surface area contributed by atoms with Crippen LogP contribution < -0.4 is 4.74 Å². The molecule has 0 saturated heterocycles. The standard InChI is InChI=1S/C21H22N2O4/c1-5-10-23-14(2)11-19(15(23)3)20(24)13-26-21(25)16(4)27-18-8-6-17(12-22)7-9-18/h5-9,11,16H,1,10,13H2,2-4H3/t16-/m1/s1. The lowest BCUT2D eigenvalue weighted by Crippen LogP contribution is -2.28. The summed E-state index contributed by atoms with van der Waals surface area (Å²) in [5.41, 5.74) is 2.79. The molecular weight excluding hydrogens is 344 g/mol. The summed E-state index contributed by atoms with van der Waals surface area (Å²) in [5.74, 6) is -0.456. The lowest BCUT2D eigenvalue weighted by atomic mass is 10.1. The number of aromatic nitrogens is 1. The summed E-state index contributed by atoms with van der Waals surface area (Å²) in [4.78, 5) is 24.5. The first-order chi connectivity index (χ1) is 12.9. The molecule has 1 aromatic carbocycles. The van der Waals surface area contributed by atoms with Crippen LogP contribution in [0.1, 0.15) is 34.2 Å². The van der Waals surface area contributed by atoms with Crippen molar-refractivity contribution in [3.8, 4) is 11.8 Å². The van der Waals surface area contributed by atoms with Crippen molar-refractivity contribution in [2.24, 2.45) is 0 Å². The molecule has 1 aromatic heterocycles. The maximum Gasteiger partial charge on any atom is 0.347 e. The number of hydrogen-bond donors (Lipinski definition) is 0. The van der Waals surface area contributed by atoms with Crippen molar-refractivity contribution in [3.63, 3.8) is 0 Å². The molecule has 1 heterocycles. The maximum absolute atomic E-state index is 12.4. The highest BCUT2D eigenvalue weighted by Crippen LogP contribution is 2.17.